The molecule has 2 aliphatic heterocycles. The van der Waals surface area contributed by atoms with Gasteiger partial charge in [-0.1, -0.05) is 6.07 Å². The maximum absolute atomic E-state index is 12.7. The lowest BCUT2D eigenvalue weighted by Crippen LogP contribution is -2.32. The number of fused-ring (bicyclic) bond motifs is 6. The molecule has 6 heteroatoms. The molecule has 2 aliphatic rings. The van der Waals surface area contributed by atoms with Gasteiger partial charge in [-0.2, -0.15) is 0 Å². The van der Waals surface area contributed by atoms with Crippen molar-refractivity contribution < 1.29 is 24.5 Å². The molecular weight excluding hydrogens is 447 g/mol. The molecule has 0 aromatic heterocycles. The molecule has 0 radical (unpaired) electrons. The molecule has 5 nitrogen and oxygen atoms in total. The van der Waals surface area contributed by atoms with Crippen LogP contribution in [0.2, 0.25) is 0 Å². The number of aromatic hydroxyl groups is 2. The lowest BCUT2D eigenvalue weighted by Gasteiger charge is -2.36. The van der Waals surface area contributed by atoms with Gasteiger partial charge in [-0.3, -0.25) is 0 Å². The molecule has 2 N–H and O–H groups in total. The summed E-state index contributed by atoms with van der Waals surface area (Å²) in [7, 11) is 0. The van der Waals surface area contributed by atoms with E-state index in [1.165, 1.54) is 24.3 Å². The van der Waals surface area contributed by atoms with Gasteiger partial charge in [0.15, 0.2) is 5.60 Å². The van der Waals surface area contributed by atoms with Crippen molar-refractivity contribution in [2.45, 2.75) is 5.60 Å². The standard InChI is InChI=1S/C20H11IO5/c21-10-1-4-14-13(7-10)19(24)26-20(14)15-5-2-11(22)8-17(15)25-18-9-12(23)3-6-16(18)20/h1-9,22-23H. The highest BCUT2D eigenvalue weighted by atomic mass is 127. The van der Waals surface area contributed by atoms with E-state index in [1.54, 1.807) is 18.2 Å². The van der Waals surface area contributed by atoms with Gasteiger partial charge in [-0.25, -0.2) is 4.79 Å². The Labute approximate surface area is 162 Å². The Bertz CT molecular complexity index is 1050. The fourth-order valence-corrected chi connectivity index (χ4v) is 4.17. The zero-order valence-electron chi connectivity index (χ0n) is 13.2. The highest BCUT2D eigenvalue weighted by Gasteiger charge is 2.53. The molecule has 3 aromatic carbocycles. The second-order valence-electron chi connectivity index (χ2n) is 6.22. The Hall–Kier alpha value is -2.74. The number of halogens is 1. The van der Waals surface area contributed by atoms with Gasteiger partial charge in [0.2, 0.25) is 0 Å². The van der Waals surface area contributed by atoms with E-state index in [0.717, 1.165) is 3.57 Å². The molecule has 1 spiro atoms. The number of ether oxygens (including phenoxy) is 2. The summed E-state index contributed by atoms with van der Waals surface area (Å²) >= 11 is 2.15. The van der Waals surface area contributed by atoms with Crippen molar-refractivity contribution in [2.75, 3.05) is 0 Å². The number of esters is 1. The van der Waals surface area contributed by atoms with Gasteiger partial charge in [-0.05, 0) is 59.0 Å². The lowest BCUT2D eigenvalue weighted by molar-refractivity contribution is 0.0224. The van der Waals surface area contributed by atoms with E-state index in [4.69, 9.17) is 9.47 Å². The predicted molar refractivity (Wildman–Crippen MR) is 101 cm³/mol. The summed E-state index contributed by atoms with van der Waals surface area (Å²) in [6.45, 7) is 0. The quantitative estimate of drug-likeness (QED) is 0.389. The van der Waals surface area contributed by atoms with Crippen molar-refractivity contribution in [3.8, 4) is 23.0 Å². The largest absolute Gasteiger partial charge is 0.508 e. The van der Waals surface area contributed by atoms with Crippen molar-refractivity contribution in [1.82, 2.24) is 0 Å². The Balaban J connectivity index is 1.90. The molecule has 3 aromatic rings. The molecule has 2 heterocycles. The first-order valence-electron chi connectivity index (χ1n) is 7.87. The first-order chi connectivity index (χ1) is 12.5. The maximum Gasteiger partial charge on any atom is 0.340 e. The van der Waals surface area contributed by atoms with E-state index in [1.807, 2.05) is 12.1 Å². The summed E-state index contributed by atoms with van der Waals surface area (Å²) < 4.78 is 12.8. The van der Waals surface area contributed by atoms with Crippen LogP contribution in [0.25, 0.3) is 0 Å². The van der Waals surface area contributed by atoms with Crippen LogP contribution in [0.5, 0.6) is 23.0 Å². The second kappa shape index (κ2) is 5.14. The minimum Gasteiger partial charge on any atom is -0.508 e. The van der Waals surface area contributed by atoms with E-state index in [2.05, 4.69) is 22.6 Å². The van der Waals surface area contributed by atoms with Gasteiger partial charge in [0, 0.05) is 32.4 Å². The van der Waals surface area contributed by atoms with Gasteiger partial charge < -0.3 is 19.7 Å². The number of hydrogen-bond acceptors (Lipinski definition) is 5. The zero-order valence-corrected chi connectivity index (χ0v) is 15.4. The summed E-state index contributed by atoms with van der Waals surface area (Å²) in [6, 6.07) is 15.0. The summed E-state index contributed by atoms with van der Waals surface area (Å²) in [4.78, 5) is 12.7. The molecule has 26 heavy (non-hydrogen) atoms. The van der Waals surface area contributed by atoms with Crippen molar-refractivity contribution in [3.63, 3.8) is 0 Å². The minimum absolute atomic E-state index is 0.0367. The molecule has 0 saturated heterocycles. The molecule has 0 amide bonds. The van der Waals surface area contributed by atoms with Crippen LogP contribution in [0, 0.1) is 3.57 Å². The maximum atomic E-state index is 12.7. The third-order valence-corrected chi connectivity index (χ3v) is 5.41. The van der Waals surface area contributed by atoms with Crippen LogP contribution in [0.4, 0.5) is 0 Å². The van der Waals surface area contributed by atoms with Crippen LogP contribution in [0.15, 0.2) is 54.6 Å². The molecule has 5 rings (SSSR count). The van der Waals surface area contributed by atoms with Crippen LogP contribution >= 0.6 is 22.6 Å². The number of hydrogen-bond donors (Lipinski definition) is 2. The first kappa shape index (κ1) is 15.5. The first-order valence-corrected chi connectivity index (χ1v) is 8.95. The van der Waals surface area contributed by atoms with Gasteiger partial charge in [0.25, 0.3) is 0 Å². The minimum atomic E-state index is -1.18. The fraction of sp³-hybridized carbons (Fsp3) is 0.0500. The molecular formula is C20H11IO5. The van der Waals surface area contributed by atoms with Crippen LogP contribution in [0.1, 0.15) is 27.0 Å². The smallest absolute Gasteiger partial charge is 0.340 e. The Kier molecular flexibility index (Phi) is 3.06. The lowest BCUT2D eigenvalue weighted by atomic mass is 9.77. The van der Waals surface area contributed by atoms with Crippen molar-refractivity contribution in [3.05, 3.63) is 80.4 Å². The Morgan fingerprint density at radius 1 is 0.808 bits per heavy atom. The van der Waals surface area contributed by atoms with Crippen LogP contribution < -0.4 is 4.74 Å². The Morgan fingerprint density at radius 3 is 2.00 bits per heavy atom. The summed E-state index contributed by atoms with van der Waals surface area (Å²) in [5.74, 6) is 0.410. The Morgan fingerprint density at radius 2 is 1.38 bits per heavy atom. The van der Waals surface area contributed by atoms with E-state index in [0.29, 0.717) is 33.8 Å². The number of phenols is 2. The highest BCUT2D eigenvalue weighted by Crippen LogP contribution is 2.56. The van der Waals surface area contributed by atoms with Gasteiger partial charge in [0.05, 0.1) is 5.56 Å². The third-order valence-electron chi connectivity index (χ3n) is 4.74. The van der Waals surface area contributed by atoms with E-state index >= 15 is 0 Å². The number of rotatable bonds is 0. The predicted octanol–water partition coefficient (Wildman–Crippen LogP) is 4.27. The SMILES string of the molecule is O=C1OC2(c3ccc(O)cc3Oc3cc(O)ccc32)c2ccc(I)cc21. The molecule has 0 aliphatic carbocycles. The number of benzene rings is 3. The van der Waals surface area contributed by atoms with Crippen LogP contribution in [-0.4, -0.2) is 16.2 Å². The number of carbonyl (C=O) groups is 1. The molecule has 0 fully saturated rings. The second-order valence-corrected chi connectivity index (χ2v) is 7.47. The monoisotopic (exact) mass is 458 g/mol. The highest BCUT2D eigenvalue weighted by molar-refractivity contribution is 14.1. The number of phenolic OH excluding ortho intramolecular Hbond substituents is 2. The summed E-state index contributed by atoms with van der Waals surface area (Å²) in [5, 5.41) is 19.7. The summed E-state index contributed by atoms with van der Waals surface area (Å²) in [5.41, 5.74) is 1.28. The molecule has 0 saturated carbocycles. The van der Waals surface area contributed by atoms with Gasteiger partial charge in [0.1, 0.15) is 23.0 Å². The third kappa shape index (κ3) is 1.93. The number of carbonyl (C=O) groups excluding carboxylic acids is 1. The van der Waals surface area contributed by atoms with Crippen molar-refractivity contribution >= 4 is 28.6 Å². The molecule has 128 valence electrons. The fourth-order valence-electron chi connectivity index (χ4n) is 3.68. The van der Waals surface area contributed by atoms with Gasteiger partial charge >= 0.3 is 5.97 Å². The van der Waals surface area contributed by atoms with Crippen molar-refractivity contribution in [2.24, 2.45) is 0 Å². The van der Waals surface area contributed by atoms with E-state index in [9.17, 15) is 15.0 Å². The van der Waals surface area contributed by atoms with Crippen molar-refractivity contribution in [1.29, 1.82) is 0 Å². The normalized spacial score (nSPS) is 15.7. The van der Waals surface area contributed by atoms with Crippen LogP contribution in [-0.2, 0) is 10.3 Å². The summed E-state index contributed by atoms with van der Waals surface area (Å²) in [6.07, 6.45) is 0. The van der Waals surface area contributed by atoms with E-state index in [-0.39, 0.29) is 11.5 Å². The average Bonchev–Trinajstić information content (AvgIpc) is 2.87. The molecule has 0 atom stereocenters. The molecule has 0 bridgehead atoms. The topological polar surface area (TPSA) is 76.0 Å². The average molecular weight is 458 g/mol. The molecule has 0 unspecified atom stereocenters. The van der Waals surface area contributed by atoms with Crippen LogP contribution in [0.3, 0.4) is 0 Å². The van der Waals surface area contributed by atoms with Gasteiger partial charge in [-0.15, -0.1) is 0 Å². The zero-order chi connectivity index (χ0) is 18.1. The van der Waals surface area contributed by atoms with E-state index < -0.39 is 11.6 Å².